The van der Waals surface area contributed by atoms with Crippen LogP contribution in [0, 0.1) is 6.92 Å². The Morgan fingerprint density at radius 1 is 1.38 bits per heavy atom. The molecule has 0 saturated carbocycles. The normalized spacial score (nSPS) is 18.7. The standard InChI is InChI=1S/C16H24N2O4S.ClH/c1-3-22-16(19)13-8-7-12(2)15(10-13)23(20,21)18-9-5-4-6-14(18)11-17;/h7-8,10,14H,3-6,9,11,17H2,1-2H3;1H. The summed E-state index contributed by atoms with van der Waals surface area (Å²) < 4.78 is 32.5. The number of hydrogen-bond donors (Lipinski definition) is 1. The summed E-state index contributed by atoms with van der Waals surface area (Å²) >= 11 is 0. The molecule has 136 valence electrons. The molecule has 1 fully saturated rings. The summed E-state index contributed by atoms with van der Waals surface area (Å²) in [4.78, 5) is 12.0. The summed E-state index contributed by atoms with van der Waals surface area (Å²) in [6.45, 7) is 4.45. The van der Waals surface area contributed by atoms with E-state index in [2.05, 4.69) is 0 Å². The molecule has 24 heavy (non-hydrogen) atoms. The molecular formula is C16H25ClN2O4S. The van der Waals surface area contributed by atoms with E-state index in [0.29, 0.717) is 18.7 Å². The van der Waals surface area contributed by atoms with Gasteiger partial charge in [-0.3, -0.25) is 0 Å². The highest BCUT2D eigenvalue weighted by atomic mass is 35.5. The second-order valence-corrected chi connectivity index (χ2v) is 7.56. The van der Waals surface area contributed by atoms with Gasteiger partial charge in [0.1, 0.15) is 0 Å². The highest BCUT2D eigenvalue weighted by molar-refractivity contribution is 7.89. The number of piperidine rings is 1. The highest BCUT2D eigenvalue weighted by Gasteiger charge is 2.34. The van der Waals surface area contributed by atoms with Crippen molar-refractivity contribution in [3.8, 4) is 0 Å². The van der Waals surface area contributed by atoms with Crippen LogP contribution < -0.4 is 5.73 Å². The van der Waals surface area contributed by atoms with E-state index < -0.39 is 16.0 Å². The average Bonchev–Trinajstić information content (AvgIpc) is 2.55. The van der Waals surface area contributed by atoms with E-state index in [0.717, 1.165) is 19.3 Å². The van der Waals surface area contributed by atoms with Crippen LogP contribution in [0.15, 0.2) is 23.1 Å². The van der Waals surface area contributed by atoms with Crippen molar-refractivity contribution in [1.82, 2.24) is 4.31 Å². The Hall–Kier alpha value is -1.15. The van der Waals surface area contributed by atoms with Crippen molar-refractivity contribution < 1.29 is 17.9 Å². The maximum atomic E-state index is 13.0. The number of ether oxygens (including phenoxy) is 1. The fraction of sp³-hybridized carbons (Fsp3) is 0.562. The highest BCUT2D eigenvalue weighted by Crippen LogP contribution is 2.27. The monoisotopic (exact) mass is 376 g/mol. The van der Waals surface area contributed by atoms with Crippen LogP contribution >= 0.6 is 12.4 Å². The van der Waals surface area contributed by atoms with Gasteiger partial charge in [0.05, 0.1) is 17.1 Å². The maximum absolute atomic E-state index is 13.0. The topological polar surface area (TPSA) is 89.7 Å². The van der Waals surface area contributed by atoms with Crippen LogP contribution in [-0.4, -0.2) is 44.4 Å². The third-order valence-electron chi connectivity index (χ3n) is 4.13. The predicted octanol–water partition coefficient (Wildman–Crippen LogP) is 2.10. The minimum absolute atomic E-state index is 0. The van der Waals surface area contributed by atoms with Gasteiger partial charge in [0, 0.05) is 19.1 Å². The van der Waals surface area contributed by atoms with E-state index in [9.17, 15) is 13.2 Å². The molecule has 1 aromatic carbocycles. The van der Waals surface area contributed by atoms with Gasteiger partial charge in [-0.2, -0.15) is 4.31 Å². The molecule has 0 aromatic heterocycles. The Bertz CT molecular complexity index is 679. The number of hydrogen-bond acceptors (Lipinski definition) is 5. The third-order valence-corrected chi connectivity index (χ3v) is 6.22. The molecule has 0 bridgehead atoms. The van der Waals surface area contributed by atoms with E-state index in [-0.39, 0.29) is 35.5 Å². The van der Waals surface area contributed by atoms with Gasteiger partial charge in [-0.05, 0) is 44.4 Å². The molecule has 1 aliphatic heterocycles. The summed E-state index contributed by atoms with van der Waals surface area (Å²) in [6, 6.07) is 4.45. The summed E-state index contributed by atoms with van der Waals surface area (Å²) in [7, 11) is -3.68. The van der Waals surface area contributed by atoms with E-state index in [1.54, 1.807) is 26.0 Å². The van der Waals surface area contributed by atoms with Crippen LogP contribution in [0.4, 0.5) is 0 Å². The molecule has 1 heterocycles. The molecule has 2 rings (SSSR count). The number of rotatable bonds is 5. The average molecular weight is 377 g/mol. The molecule has 0 radical (unpaired) electrons. The lowest BCUT2D eigenvalue weighted by atomic mass is 10.1. The van der Waals surface area contributed by atoms with Crippen LogP contribution in [0.25, 0.3) is 0 Å². The van der Waals surface area contributed by atoms with Crippen molar-refractivity contribution in [3.05, 3.63) is 29.3 Å². The molecule has 0 spiro atoms. The molecule has 8 heteroatoms. The van der Waals surface area contributed by atoms with Gasteiger partial charge < -0.3 is 10.5 Å². The Balaban J connectivity index is 0.00000288. The van der Waals surface area contributed by atoms with Crippen LogP contribution in [0.1, 0.15) is 42.1 Å². The second-order valence-electron chi connectivity index (χ2n) is 5.70. The van der Waals surface area contributed by atoms with Crippen LogP contribution in [0.3, 0.4) is 0 Å². The molecule has 6 nitrogen and oxygen atoms in total. The van der Waals surface area contributed by atoms with Crippen molar-refractivity contribution in [2.45, 2.75) is 44.0 Å². The van der Waals surface area contributed by atoms with Gasteiger partial charge >= 0.3 is 5.97 Å². The van der Waals surface area contributed by atoms with Gasteiger partial charge in [-0.1, -0.05) is 12.5 Å². The van der Waals surface area contributed by atoms with Gasteiger partial charge in [-0.15, -0.1) is 12.4 Å². The van der Waals surface area contributed by atoms with Crippen molar-refractivity contribution in [2.75, 3.05) is 19.7 Å². The minimum atomic E-state index is -3.68. The Labute approximate surface area is 149 Å². The Kier molecular flexibility index (Phi) is 7.66. The number of aryl methyl sites for hydroxylation is 1. The zero-order valence-corrected chi connectivity index (χ0v) is 15.7. The summed E-state index contributed by atoms with van der Waals surface area (Å²) in [5, 5.41) is 0. The van der Waals surface area contributed by atoms with E-state index in [1.165, 1.54) is 10.4 Å². The molecular weight excluding hydrogens is 352 g/mol. The molecule has 0 amide bonds. The fourth-order valence-electron chi connectivity index (χ4n) is 2.87. The SMILES string of the molecule is CCOC(=O)c1ccc(C)c(S(=O)(=O)N2CCCCC2CN)c1.Cl. The summed E-state index contributed by atoms with van der Waals surface area (Å²) in [6.07, 6.45) is 2.58. The molecule has 0 aliphatic carbocycles. The lowest BCUT2D eigenvalue weighted by molar-refractivity contribution is 0.0526. The number of halogens is 1. The lowest BCUT2D eigenvalue weighted by Gasteiger charge is -2.34. The summed E-state index contributed by atoms with van der Waals surface area (Å²) in [5.74, 6) is -0.516. The lowest BCUT2D eigenvalue weighted by Crippen LogP contribution is -2.47. The van der Waals surface area contributed by atoms with E-state index in [1.807, 2.05) is 0 Å². The van der Waals surface area contributed by atoms with Crippen molar-refractivity contribution in [2.24, 2.45) is 5.73 Å². The number of esters is 1. The minimum Gasteiger partial charge on any atom is -0.462 e. The zero-order chi connectivity index (χ0) is 17.0. The molecule has 1 aromatic rings. The summed E-state index contributed by atoms with van der Waals surface area (Å²) in [5.41, 5.74) is 6.60. The molecule has 1 aliphatic rings. The van der Waals surface area contributed by atoms with E-state index in [4.69, 9.17) is 10.5 Å². The van der Waals surface area contributed by atoms with Crippen molar-refractivity contribution >= 4 is 28.4 Å². The zero-order valence-electron chi connectivity index (χ0n) is 14.0. The predicted molar refractivity (Wildman–Crippen MR) is 95.0 cm³/mol. The molecule has 2 N–H and O–H groups in total. The Morgan fingerprint density at radius 3 is 2.71 bits per heavy atom. The number of carbonyl (C=O) groups is 1. The third kappa shape index (κ3) is 4.27. The molecule has 1 atom stereocenters. The smallest absolute Gasteiger partial charge is 0.338 e. The van der Waals surface area contributed by atoms with E-state index >= 15 is 0 Å². The number of carbonyl (C=O) groups excluding carboxylic acids is 1. The fourth-order valence-corrected chi connectivity index (χ4v) is 4.83. The number of nitrogens with two attached hydrogens (primary N) is 1. The van der Waals surface area contributed by atoms with Gasteiger partial charge in [0.25, 0.3) is 0 Å². The quantitative estimate of drug-likeness (QED) is 0.795. The Morgan fingerprint density at radius 2 is 2.08 bits per heavy atom. The number of sulfonamides is 1. The van der Waals surface area contributed by atoms with Crippen molar-refractivity contribution in [1.29, 1.82) is 0 Å². The van der Waals surface area contributed by atoms with Crippen LogP contribution in [0.5, 0.6) is 0 Å². The first-order valence-corrected chi connectivity index (χ1v) is 9.35. The largest absolute Gasteiger partial charge is 0.462 e. The first-order chi connectivity index (χ1) is 10.9. The molecule has 1 saturated heterocycles. The second kappa shape index (κ2) is 8.80. The molecule has 1 unspecified atom stereocenters. The van der Waals surface area contributed by atoms with Gasteiger partial charge in [0.15, 0.2) is 0 Å². The van der Waals surface area contributed by atoms with Crippen LogP contribution in [0.2, 0.25) is 0 Å². The number of benzene rings is 1. The first kappa shape index (κ1) is 20.9. The van der Waals surface area contributed by atoms with Gasteiger partial charge in [-0.25, -0.2) is 13.2 Å². The van der Waals surface area contributed by atoms with Gasteiger partial charge in [0.2, 0.25) is 10.0 Å². The van der Waals surface area contributed by atoms with Crippen LogP contribution in [-0.2, 0) is 14.8 Å². The maximum Gasteiger partial charge on any atom is 0.338 e. The number of nitrogens with zero attached hydrogens (tertiary/aromatic N) is 1. The first-order valence-electron chi connectivity index (χ1n) is 7.91. The van der Waals surface area contributed by atoms with Crippen molar-refractivity contribution in [3.63, 3.8) is 0 Å².